The van der Waals surface area contributed by atoms with E-state index < -0.39 is 0 Å². The molecule has 2 N–H and O–H groups in total. The van der Waals surface area contributed by atoms with Gasteiger partial charge in [-0.05, 0) is 66.5 Å². The Kier molecular flexibility index (Phi) is 6.88. The molecule has 0 amide bonds. The van der Waals surface area contributed by atoms with Crippen LogP contribution in [0.15, 0.2) is 72.9 Å². The maximum absolute atomic E-state index is 12.2. The van der Waals surface area contributed by atoms with Gasteiger partial charge in [0.25, 0.3) is 0 Å². The maximum Gasteiger partial charge on any atom is 0.310 e. The number of nitrogens with zero attached hydrogens (tertiary/aromatic N) is 3. The molecular formula is C32H32N4O3. The number of fused-ring (bicyclic) bond motifs is 2. The second-order valence-electron chi connectivity index (χ2n) is 10.1. The van der Waals surface area contributed by atoms with Crippen molar-refractivity contribution in [3.8, 4) is 16.9 Å². The minimum Gasteiger partial charge on any atom is -0.487 e. The van der Waals surface area contributed by atoms with Gasteiger partial charge in [-0.25, -0.2) is 4.98 Å². The highest BCUT2D eigenvalue weighted by atomic mass is 16.5. The van der Waals surface area contributed by atoms with Gasteiger partial charge in [0, 0.05) is 29.1 Å². The third-order valence-corrected chi connectivity index (χ3v) is 7.63. The fourth-order valence-electron chi connectivity index (χ4n) is 5.36. The molecule has 7 heteroatoms. The predicted octanol–water partition coefficient (Wildman–Crippen LogP) is 6.32. The largest absolute Gasteiger partial charge is 0.487 e. The number of pyridine rings is 1. The number of hydrogen-bond acceptors (Lipinski definition) is 6. The van der Waals surface area contributed by atoms with Gasteiger partial charge >= 0.3 is 5.97 Å². The van der Waals surface area contributed by atoms with Gasteiger partial charge < -0.3 is 15.2 Å². The summed E-state index contributed by atoms with van der Waals surface area (Å²) < 4.78 is 13.7. The van der Waals surface area contributed by atoms with Crippen LogP contribution < -0.4 is 10.5 Å². The molecule has 6 rings (SSSR count). The van der Waals surface area contributed by atoms with Crippen LogP contribution in [0.1, 0.15) is 37.4 Å². The Labute approximate surface area is 227 Å². The van der Waals surface area contributed by atoms with E-state index in [2.05, 4.69) is 33.9 Å². The molecule has 2 heterocycles. The van der Waals surface area contributed by atoms with E-state index in [0.29, 0.717) is 30.7 Å². The van der Waals surface area contributed by atoms with Crippen LogP contribution >= 0.6 is 0 Å². The average Bonchev–Trinajstić information content (AvgIpc) is 3.26. The lowest BCUT2D eigenvalue weighted by atomic mass is 9.85. The summed E-state index contributed by atoms with van der Waals surface area (Å²) in [6, 6.07) is 22.2. The number of ether oxygens (including phenoxy) is 2. The summed E-state index contributed by atoms with van der Waals surface area (Å²) >= 11 is 0. The molecule has 0 atom stereocenters. The van der Waals surface area contributed by atoms with Gasteiger partial charge in [0.2, 0.25) is 0 Å². The van der Waals surface area contributed by atoms with E-state index in [1.54, 1.807) is 6.20 Å². The molecule has 0 unspecified atom stereocenters. The van der Waals surface area contributed by atoms with Crippen molar-refractivity contribution >= 4 is 33.5 Å². The highest BCUT2D eigenvalue weighted by Gasteiger charge is 2.22. The van der Waals surface area contributed by atoms with Gasteiger partial charge in [-0.1, -0.05) is 48.9 Å². The monoisotopic (exact) mass is 520 g/mol. The molecule has 0 bridgehead atoms. The van der Waals surface area contributed by atoms with Crippen molar-refractivity contribution < 1.29 is 14.3 Å². The summed E-state index contributed by atoms with van der Waals surface area (Å²) in [6.45, 7) is 3.39. The molecule has 1 fully saturated rings. The van der Waals surface area contributed by atoms with Crippen LogP contribution in [-0.4, -0.2) is 27.3 Å². The zero-order valence-corrected chi connectivity index (χ0v) is 22.1. The summed E-state index contributed by atoms with van der Waals surface area (Å²) in [6.07, 6.45) is 5.67. The minimum atomic E-state index is -0.260. The number of nitrogen functional groups attached to an aromatic ring is 1. The summed E-state index contributed by atoms with van der Waals surface area (Å²) in [5, 5.41) is 8.06. The smallest absolute Gasteiger partial charge is 0.310 e. The number of aromatic nitrogens is 3. The van der Waals surface area contributed by atoms with Crippen LogP contribution in [-0.2, 0) is 29.1 Å². The van der Waals surface area contributed by atoms with E-state index in [-0.39, 0.29) is 12.4 Å². The molecule has 7 nitrogen and oxygen atoms in total. The van der Waals surface area contributed by atoms with Gasteiger partial charge in [-0.2, -0.15) is 5.10 Å². The molecular weight excluding hydrogens is 488 g/mol. The van der Waals surface area contributed by atoms with Gasteiger partial charge in [0.05, 0.1) is 24.2 Å². The molecule has 1 aliphatic rings. The summed E-state index contributed by atoms with van der Waals surface area (Å²) in [5.41, 5.74) is 11.1. The Morgan fingerprint density at radius 1 is 1.03 bits per heavy atom. The molecule has 1 aliphatic carbocycles. The normalized spacial score (nSPS) is 13.5. The SMILES string of the molecule is CCOC(=O)Cc1ccccc1OCc1c2cc(-c3cccc4c(N)nccc34)ccc2nn1CC1CCC1. The van der Waals surface area contributed by atoms with Crippen LogP contribution in [0.25, 0.3) is 32.8 Å². The van der Waals surface area contributed by atoms with E-state index in [9.17, 15) is 4.79 Å². The van der Waals surface area contributed by atoms with Crippen LogP contribution in [0.4, 0.5) is 5.82 Å². The summed E-state index contributed by atoms with van der Waals surface area (Å²) in [5.74, 6) is 1.59. The number of esters is 1. The molecule has 198 valence electrons. The van der Waals surface area contributed by atoms with Crippen molar-refractivity contribution in [1.29, 1.82) is 0 Å². The number of carbonyl (C=O) groups excluding carboxylic acids is 1. The first kappa shape index (κ1) is 24.9. The van der Waals surface area contributed by atoms with Gasteiger partial charge in [-0.15, -0.1) is 0 Å². The number of rotatable bonds is 9. The lowest BCUT2D eigenvalue weighted by Crippen LogP contribution is -2.20. The summed E-state index contributed by atoms with van der Waals surface area (Å²) in [4.78, 5) is 16.4. The number of hydrogen-bond donors (Lipinski definition) is 1. The van der Waals surface area contributed by atoms with E-state index in [1.165, 1.54) is 19.3 Å². The molecule has 5 aromatic rings. The Morgan fingerprint density at radius 3 is 2.72 bits per heavy atom. The van der Waals surface area contributed by atoms with Crippen LogP contribution in [0, 0.1) is 5.92 Å². The third-order valence-electron chi connectivity index (χ3n) is 7.63. The van der Waals surface area contributed by atoms with E-state index in [1.807, 2.05) is 49.4 Å². The Morgan fingerprint density at radius 2 is 1.90 bits per heavy atom. The fraction of sp³-hybridized carbons (Fsp3) is 0.281. The zero-order chi connectivity index (χ0) is 26.8. The third kappa shape index (κ3) is 5.04. The van der Waals surface area contributed by atoms with Crippen LogP contribution in [0.3, 0.4) is 0 Å². The topological polar surface area (TPSA) is 92.3 Å². The molecule has 0 aliphatic heterocycles. The van der Waals surface area contributed by atoms with Crippen molar-refractivity contribution in [1.82, 2.24) is 14.8 Å². The van der Waals surface area contributed by atoms with E-state index >= 15 is 0 Å². The molecule has 2 aromatic heterocycles. The summed E-state index contributed by atoms with van der Waals surface area (Å²) in [7, 11) is 0. The number of anilines is 1. The van der Waals surface area contributed by atoms with Gasteiger partial charge in [0.1, 0.15) is 18.2 Å². The molecule has 0 radical (unpaired) electrons. The Bertz CT molecular complexity index is 1650. The Hall–Kier alpha value is -4.39. The standard InChI is InChI=1S/C32H32N4O3/c1-2-38-31(37)18-23-9-3-4-12-30(23)39-20-29-27-17-22(13-14-28(27)35-36(29)19-21-7-5-8-21)24-10-6-11-26-25(24)15-16-34-32(26)33/h3-4,6,9-17,21H,2,5,7-8,18-20H2,1H3,(H2,33,34). The maximum atomic E-state index is 12.2. The number of carbonyl (C=O) groups is 1. The lowest BCUT2D eigenvalue weighted by Gasteiger charge is -2.26. The van der Waals surface area contributed by atoms with Gasteiger partial charge in [0.15, 0.2) is 0 Å². The van der Waals surface area contributed by atoms with Crippen molar-refractivity contribution in [2.24, 2.45) is 5.92 Å². The number of para-hydroxylation sites is 1. The molecule has 0 spiro atoms. The molecule has 1 saturated carbocycles. The highest BCUT2D eigenvalue weighted by Crippen LogP contribution is 2.35. The molecule has 39 heavy (non-hydrogen) atoms. The Balaban J connectivity index is 1.38. The van der Waals surface area contributed by atoms with Crippen LogP contribution in [0.2, 0.25) is 0 Å². The highest BCUT2D eigenvalue weighted by molar-refractivity contribution is 6.02. The number of nitrogens with two attached hydrogens (primary N) is 1. The lowest BCUT2D eigenvalue weighted by molar-refractivity contribution is -0.142. The molecule has 3 aromatic carbocycles. The fourth-order valence-corrected chi connectivity index (χ4v) is 5.36. The van der Waals surface area contributed by atoms with Crippen molar-refractivity contribution in [2.75, 3.05) is 12.3 Å². The van der Waals surface area contributed by atoms with Crippen molar-refractivity contribution in [3.63, 3.8) is 0 Å². The molecule has 0 saturated heterocycles. The average molecular weight is 521 g/mol. The minimum absolute atomic E-state index is 0.176. The second-order valence-corrected chi connectivity index (χ2v) is 10.1. The predicted molar refractivity (Wildman–Crippen MR) is 153 cm³/mol. The van der Waals surface area contributed by atoms with E-state index in [4.69, 9.17) is 20.3 Å². The van der Waals surface area contributed by atoms with Crippen LogP contribution in [0.5, 0.6) is 5.75 Å². The second kappa shape index (κ2) is 10.8. The quantitative estimate of drug-likeness (QED) is 0.229. The van der Waals surface area contributed by atoms with Crippen molar-refractivity contribution in [2.45, 2.75) is 45.8 Å². The first-order valence-corrected chi connectivity index (χ1v) is 13.6. The number of benzene rings is 3. The van der Waals surface area contributed by atoms with Crippen molar-refractivity contribution in [3.05, 3.63) is 84.2 Å². The zero-order valence-electron chi connectivity index (χ0n) is 22.1. The first-order chi connectivity index (χ1) is 19.1. The first-order valence-electron chi connectivity index (χ1n) is 13.6. The van der Waals surface area contributed by atoms with E-state index in [0.717, 1.165) is 50.6 Å². The van der Waals surface area contributed by atoms with Gasteiger partial charge in [-0.3, -0.25) is 9.48 Å².